The molecule has 0 saturated carbocycles. The molecule has 7 heteroatoms. The first-order chi connectivity index (χ1) is 8.41. The molecule has 0 unspecified atom stereocenters. The highest BCUT2D eigenvalue weighted by molar-refractivity contribution is 5.96. The van der Waals surface area contributed by atoms with Crippen LogP contribution in [0.4, 0.5) is 13.2 Å². The summed E-state index contributed by atoms with van der Waals surface area (Å²) in [5, 5.41) is 14.1. The van der Waals surface area contributed by atoms with Gasteiger partial charge < -0.3 is 5.11 Å². The van der Waals surface area contributed by atoms with E-state index < -0.39 is 23.4 Å². The van der Waals surface area contributed by atoms with Crippen LogP contribution in [0.25, 0.3) is 11.3 Å². The van der Waals surface area contributed by atoms with Crippen molar-refractivity contribution >= 4 is 5.97 Å². The number of nitrogens with one attached hydrogen (secondary N) is 1. The SMILES string of the molecule is O=C(O)c1c(-c2ccccc2)n[nH]c1C(F)(F)F. The molecular formula is C11H7F3N2O2. The number of carboxylic acid groups (broad SMARTS) is 1. The molecule has 2 N–H and O–H groups in total. The Balaban J connectivity index is 2.64. The zero-order valence-electron chi connectivity index (χ0n) is 8.82. The van der Waals surface area contributed by atoms with Crippen LogP contribution in [0.1, 0.15) is 16.1 Å². The molecule has 4 nitrogen and oxygen atoms in total. The smallest absolute Gasteiger partial charge is 0.433 e. The van der Waals surface area contributed by atoms with Crippen LogP contribution in [0.3, 0.4) is 0 Å². The van der Waals surface area contributed by atoms with E-state index in [1.807, 2.05) is 0 Å². The van der Waals surface area contributed by atoms with E-state index in [4.69, 9.17) is 5.11 Å². The molecule has 18 heavy (non-hydrogen) atoms. The number of rotatable bonds is 2. The third kappa shape index (κ3) is 2.06. The average Bonchev–Trinajstić information content (AvgIpc) is 2.74. The molecule has 0 bridgehead atoms. The Morgan fingerprint density at radius 2 is 1.83 bits per heavy atom. The van der Waals surface area contributed by atoms with Gasteiger partial charge in [-0.15, -0.1) is 0 Å². The van der Waals surface area contributed by atoms with E-state index in [9.17, 15) is 18.0 Å². The van der Waals surface area contributed by atoms with Gasteiger partial charge in [-0.3, -0.25) is 5.10 Å². The van der Waals surface area contributed by atoms with E-state index in [1.54, 1.807) is 23.3 Å². The number of carbonyl (C=O) groups is 1. The lowest BCUT2D eigenvalue weighted by atomic mass is 10.1. The van der Waals surface area contributed by atoms with Crippen molar-refractivity contribution in [3.8, 4) is 11.3 Å². The highest BCUT2D eigenvalue weighted by Crippen LogP contribution is 2.34. The highest BCUT2D eigenvalue weighted by Gasteiger charge is 2.39. The first-order valence-corrected chi connectivity index (χ1v) is 4.85. The summed E-state index contributed by atoms with van der Waals surface area (Å²) in [6, 6.07) is 7.82. The van der Waals surface area contributed by atoms with E-state index >= 15 is 0 Å². The van der Waals surface area contributed by atoms with Gasteiger partial charge in [-0.1, -0.05) is 30.3 Å². The molecule has 0 fully saturated rings. The number of aromatic amines is 1. The minimum Gasteiger partial charge on any atom is -0.478 e. The van der Waals surface area contributed by atoms with Crippen molar-refractivity contribution < 1.29 is 23.1 Å². The average molecular weight is 256 g/mol. The van der Waals surface area contributed by atoms with E-state index in [0.29, 0.717) is 5.56 Å². The summed E-state index contributed by atoms with van der Waals surface area (Å²) in [7, 11) is 0. The van der Waals surface area contributed by atoms with Gasteiger partial charge in [0, 0.05) is 5.56 Å². The topological polar surface area (TPSA) is 66.0 Å². The molecule has 0 radical (unpaired) electrons. The predicted octanol–water partition coefficient (Wildman–Crippen LogP) is 2.79. The molecule has 2 rings (SSSR count). The summed E-state index contributed by atoms with van der Waals surface area (Å²) >= 11 is 0. The van der Waals surface area contributed by atoms with Crippen molar-refractivity contribution in [1.29, 1.82) is 0 Å². The second-order valence-corrected chi connectivity index (χ2v) is 3.49. The highest BCUT2D eigenvalue weighted by atomic mass is 19.4. The largest absolute Gasteiger partial charge is 0.478 e. The quantitative estimate of drug-likeness (QED) is 0.868. The van der Waals surface area contributed by atoms with E-state index in [0.717, 1.165) is 0 Å². The maximum atomic E-state index is 12.6. The standard InChI is InChI=1S/C11H7F3N2O2/c12-11(13,14)9-7(10(17)18)8(15-16-9)6-4-2-1-3-5-6/h1-5H,(H,15,16)(H,17,18). The monoisotopic (exact) mass is 256 g/mol. The molecule has 0 aliphatic carbocycles. The van der Waals surface area contributed by atoms with Crippen LogP contribution in [0, 0.1) is 0 Å². The number of carboxylic acids is 1. The summed E-state index contributed by atoms with van der Waals surface area (Å²) in [4.78, 5) is 11.0. The third-order valence-electron chi connectivity index (χ3n) is 2.31. The molecule has 1 aromatic carbocycles. The Hall–Kier alpha value is -2.31. The first-order valence-electron chi connectivity index (χ1n) is 4.85. The lowest BCUT2D eigenvalue weighted by Crippen LogP contribution is -2.12. The summed E-state index contributed by atoms with van der Waals surface area (Å²) in [5.41, 5.74) is -2.14. The van der Waals surface area contributed by atoms with Gasteiger partial charge in [0.05, 0.1) is 0 Å². The zero-order chi connectivity index (χ0) is 13.3. The van der Waals surface area contributed by atoms with Gasteiger partial charge in [-0.2, -0.15) is 18.3 Å². The predicted molar refractivity (Wildman–Crippen MR) is 56.0 cm³/mol. The lowest BCUT2D eigenvalue weighted by molar-refractivity contribution is -0.141. The van der Waals surface area contributed by atoms with E-state index in [-0.39, 0.29) is 5.69 Å². The van der Waals surface area contributed by atoms with Gasteiger partial charge in [-0.25, -0.2) is 4.79 Å². The minimum atomic E-state index is -4.78. The molecule has 0 aliphatic rings. The number of aromatic nitrogens is 2. The fraction of sp³-hybridized carbons (Fsp3) is 0.0909. The lowest BCUT2D eigenvalue weighted by Gasteiger charge is -2.05. The number of halogens is 3. The molecule has 2 aromatic rings. The molecule has 1 heterocycles. The number of nitrogens with zero attached hydrogens (tertiary/aromatic N) is 1. The summed E-state index contributed by atoms with van der Waals surface area (Å²) < 4.78 is 37.8. The van der Waals surface area contributed by atoms with Crippen LogP contribution in [0.15, 0.2) is 30.3 Å². The number of alkyl halides is 3. The van der Waals surface area contributed by atoms with Gasteiger partial charge in [0.2, 0.25) is 0 Å². The summed E-state index contributed by atoms with van der Waals surface area (Å²) in [6.45, 7) is 0. The van der Waals surface area contributed by atoms with Crippen molar-refractivity contribution in [2.24, 2.45) is 0 Å². The fourth-order valence-electron chi connectivity index (χ4n) is 1.56. The van der Waals surface area contributed by atoms with E-state index in [2.05, 4.69) is 5.10 Å². The molecule has 0 spiro atoms. The molecule has 94 valence electrons. The van der Waals surface area contributed by atoms with Gasteiger partial charge >= 0.3 is 12.1 Å². The van der Waals surface area contributed by atoms with Gasteiger partial charge in [0.25, 0.3) is 0 Å². The molecule has 0 aliphatic heterocycles. The molecule has 0 amide bonds. The molecule has 0 atom stereocenters. The number of hydrogen-bond donors (Lipinski definition) is 2. The second-order valence-electron chi connectivity index (χ2n) is 3.49. The Morgan fingerprint density at radius 1 is 1.22 bits per heavy atom. The summed E-state index contributed by atoms with van der Waals surface area (Å²) in [6.07, 6.45) is -4.78. The molecular weight excluding hydrogens is 249 g/mol. The normalized spacial score (nSPS) is 11.5. The number of benzene rings is 1. The fourth-order valence-corrected chi connectivity index (χ4v) is 1.56. The van der Waals surface area contributed by atoms with Crippen molar-refractivity contribution in [3.63, 3.8) is 0 Å². The van der Waals surface area contributed by atoms with Crippen molar-refractivity contribution in [2.45, 2.75) is 6.18 Å². The maximum absolute atomic E-state index is 12.6. The van der Waals surface area contributed by atoms with Gasteiger partial charge in [-0.05, 0) is 0 Å². The van der Waals surface area contributed by atoms with Crippen molar-refractivity contribution in [1.82, 2.24) is 10.2 Å². The first kappa shape index (κ1) is 12.2. The van der Waals surface area contributed by atoms with Crippen LogP contribution in [-0.2, 0) is 6.18 Å². The van der Waals surface area contributed by atoms with Crippen LogP contribution < -0.4 is 0 Å². The number of H-pyrrole nitrogens is 1. The Labute approximate surface area is 99.1 Å². The van der Waals surface area contributed by atoms with Crippen molar-refractivity contribution in [2.75, 3.05) is 0 Å². The van der Waals surface area contributed by atoms with E-state index in [1.165, 1.54) is 12.1 Å². The zero-order valence-corrected chi connectivity index (χ0v) is 8.82. The van der Waals surface area contributed by atoms with Crippen LogP contribution in [-0.4, -0.2) is 21.3 Å². The van der Waals surface area contributed by atoms with Crippen LogP contribution in [0.5, 0.6) is 0 Å². The minimum absolute atomic E-state index is 0.226. The summed E-state index contributed by atoms with van der Waals surface area (Å²) in [5.74, 6) is -1.67. The Morgan fingerprint density at radius 3 is 2.33 bits per heavy atom. The molecule has 1 aromatic heterocycles. The van der Waals surface area contributed by atoms with Gasteiger partial charge in [0.1, 0.15) is 11.3 Å². The maximum Gasteiger partial charge on any atom is 0.433 e. The third-order valence-corrected chi connectivity index (χ3v) is 2.31. The number of aromatic carboxylic acids is 1. The van der Waals surface area contributed by atoms with Crippen LogP contribution >= 0.6 is 0 Å². The van der Waals surface area contributed by atoms with Gasteiger partial charge in [0.15, 0.2) is 5.69 Å². The molecule has 0 saturated heterocycles. The van der Waals surface area contributed by atoms with Crippen LogP contribution in [0.2, 0.25) is 0 Å². The Kier molecular flexibility index (Phi) is 2.82. The Bertz CT molecular complexity index is 576. The second kappa shape index (κ2) is 4.17. The number of hydrogen-bond acceptors (Lipinski definition) is 2. The van der Waals surface area contributed by atoms with Crippen molar-refractivity contribution in [3.05, 3.63) is 41.6 Å².